The molecule has 0 saturated heterocycles. The average molecular weight is 264 g/mol. The number of alkyl halides is 1. The number of ether oxygens (including phenoxy) is 1. The minimum absolute atomic E-state index is 0.0958. The second-order valence-electron chi connectivity index (χ2n) is 4.04. The van der Waals surface area contributed by atoms with E-state index in [0.29, 0.717) is 6.42 Å². The highest BCUT2D eigenvalue weighted by Crippen LogP contribution is 2.37. The largest absolute Gasteiger partial charge is 0.378 e. The maximum absolute atomic E-state index is 11.6. The fourth-order valence-corrected chi connectivity index (χ4v) is 1.84. The lowest BCUT2D eigenvalue weighted by molar-refractivity contribution is -0.134. The van der Waals surface area contributed by atoms with Crippen LogP contribution in [0.4, 0.5) is 0 Å². The second-order valence-corrected chi connectivity index (χ2v) is 4.69. The number of nitrogens with one attached hydrogen (secondary N) is 1. The fourth-order valence-electron chi connectivity index (χ4n) is 1.68. The summed E-state index contributed by atoms with van der Waals surface area (Å²) in [6.45, 7) is 1.98. The van der Waals surface area contributed by atoms with E-state index in [9.17, 15) is 4.79 Å². The van der Waals surface area contributed by atoms with Gasteiger partial charge in [-0.3, -0.25) is 4.79 Å². The van der Waals surface area contributed by atoms with Gasteiger partial charge in [-0.2, -0.15) is 0 Å². The van der Waals surface area contributed by atoms with Crippen molar-refractivity contribution in [1.82, 2.24) is 5.32 Å². The first-order valence-corrected chi connectivity index (χ1v) is 6.14. The molecule has 0 aromatic rings. The summed E-state index contributed by atoms with van der Waals surface area (Å²) >= 11 is 3.33. The minimum Gasteiger partial charge on any atom is -0.378 e. The molecular weight excluding hydrogens is 246 g/mol. The van der Waals surface area contributed by atoms with E-state index >= 15 is 0 Å². The number of carbonyl (C=O) groups excluding carboxylic acids is 1. The van der Waals surface area contributed by atoms with Crippen LogP contribution in [0.3, 0.4) is 0 Å². The third kappa shape index (κ3) is 2.95. The Hall–Kier alpha value is -0.0900. The van der Waals surface area contributed by atoms with E-state index in [0.717, 1.165) is 18.2 Å². The van der Waals surface area contributed by atoms with Crippen molar-refractivity contribution in [2.75, 3.05) is 12.4 Å². The Labute approximate surface area is 93.7 Å². The standard InChI is InChI=1S/C10H18BrNO2/c1-8(7-11)12-9(13)6-10(14-2)4-3-5-10/h8H,3-7H2,1-2H3,(H,12,13). The van der Waals surface area contributed by atoms with Crippen LogP contribution in [-0.2, 0) is 9.53 Å². The van der Waals surface area contributed by atoms with Gasteiger partial charge in [0.25, 0.3) is 0 Å². The molecule has 0 radical (unpaired) electrons. The van der Waals surface area contributed by atoms with Gasteiger partial charge in [0, 0.05) is 18.5 Å². The normalized spacial score (nSPS) is 21.1. The molecule has 1 fully saturated rings. The zero-order valence-corrected chi connectivity index (χ0v) is 10.4. The molecule has 0 spiro atoms. The van der Waals surface area contributed by atoms with Crippen molar-refractivity contribution in [3.05, 3.63) is 0 Å². The molecule has 14 heavy (non-hydrogen) atoms. The van der Waals surface area contributed by atoms with Crippen molar-refractivity contribution in [3.8, 4) is 0 Å². The van der Waals surface area contributed by atoms with E-state index in [-0.39, 0.29) is 17.6 Å². The number of hydrogen-bond acceptors (Lipinski definition) is 2. The molecule has 3 nitrogen and oxygen atoms in total. The molecule has 1 atom stereocenters. The van der Waals surface area contributed by atoms with Gasteiger partial charge < -0.3 is 10.1 Å². The van der Waals surface area contributed by atoms with Crippen LogP contribution < -0.4 is 5.32 Å². The summed E-state index contributed by atoms with van der Waals surface area (Å²) in [5.41, 5.74) is -0.157. The lowest BCUT2D eigenvalue weighted by Crippen LogP contribution is -2.45. The third-order valence-corrected chi connectivity index (χ3v) is 3.79. The molecule has 0 heterocycles. The lowest BCUT2D eigenvalue weighted by Gasteiger charge is -2.40. The van der Waals surface area contributed by atoms with Crippen molar-refractivity contribution in [3.63, 3.8) is 0 Å². The molecule has 4 heteroatoms. The summed E-state index contributed by atoms with van der Waals surface area (Å²) in [7, 11) is 1.69. The smallest absolute Gasteiger partial charge is 0.223 e. The summed E-state index contributed by atoms with van der Waals surface area (Å²) in [6.07, 6.45) is 3.70. The van der Waals surface area contributed by atoms with E-state index in [1.54, 1.807) is 7.11 Å². The van der Waals surface area contributed by atoms with Crippen LogP contribution in [0.2, 0.25) is 0 Å². The highest BCUT2D eigenvalue weighted by atomic mass is 79.9. The highest BCUT2D eigenvalue weighted by molar-refractivity contribution is 9.09. The molecule has 1 aliphatic rings. The SMILES string of the molecule is COC1(CC(=O)NC(C)CBr)CCC1. The van der Waals surface area contributed by atoms with Gasteiger partial charge in [0.1, 0.15) is 0 Å². The molecule has 1 saturated carbocycles. The Balaban J connectivity index is 2.32. The number of halogens is 1. The van der Waals surface area contributed by atoms with Crippen molar-refractivity contribution < 1.29 is 9.53 Å². The van der Waals surface area contributed by atoms with Crippen LogP contribution in [0.25, 0.3) is 0 Å². The van der Waals surface area contributed by atoms with Crippen LogP contribution in [0.5, 0.6) is 0 Å². The van der Waals surface area contributed by atoms with E-state index in [1.807, 2.05) is 6.92 Å². The van der Waals surface area contributed by atoms with Gasteiger partial charge in [-0.15, -0.1) is 0 Å². The topological polar surface area (TPSA) is 38.3 Å². The van der Waals surface area contributed by atoms with E-state index in [2.05, 4.69) is 21.2 Å². The van der Waals surface area contributed by atoms with Crippen LogP contribution in [-0.4, -0.2) is 30.0 Å². The molecule has 1 N–H and O–H groups in total. The molecule has 0 aromatic carbocycles. The Morgan fingerprint density at radius 3 is 2.64 bits per heavy atom. The van der Waals surface area contributed by atoms with Crippen LogP contribution >= 0.6 is 15.9 Å². The number of methoxy groups -OCH3 is 1. The van der Waals surface area contributed by atoms with E-state index in [4.69, 9.17) is 4.74 Å². The lowest BCUT2D eigenvalue weighted by atomic mass is 9.77. The number of rotatable bonds is 5. The molecule has 1 amide bonds. The molecular formula is C10H18BrNO2. The first-order valence-electron chi connectivity index (χ1n) is 5.02. The maximum atomic E-state index is 11.6. The zero-order chi connectivity index (χ0) is 10.6. The van der Waals surface area contributed by atoms with Crippen molar-refractivity contribution >= 4 is 21.8 Å². The van der Waals surface area contributed by atoms with E-state index in [1.165, 1.54) is 6.42 Å². The van der Waals surface area contributed by atoms with Crippen molar-refractivity contribution in [2.45, 2.75) is 44.2 Å². The zero-order valence-electron chi connectivity index (χ0n) is 8.81. The van der Waals surface area contributed by atoms with Crippen LogP contribution in [0.15, 0.2) is 0 Å². The second kappa shape index (κ2) is 5.12. The molecule has 1 rings (SSSR count). The number of carbonyl (C=O) groups is 1. The maximum Gasteiger partial charge on any atom is 0.223 e. The molecule has 0 aliphatic heterocycles. The summed E-state index contributed by atoms with van der Waals surface area (Å²) in [5, 5.41) is 3.71. The first-order chi connectivity index (χ1) is 6.62. The minimum atomic E-state index is -0.157. The van der Waals surface area contributed by atoms with Gasteiger partial charge in [0.2, 0.25) is 5.91 Å². The van der Waals surface area contributed by atoms with Gasteiger partial charge >= 0.3 is 0 Å². The van der Waals surface area contributed by atoms with Gasteiger partial charge in [0.05, 0.1) is 12.0 Å². The Morgan fingerprint density at radius 2 is 2.29 bits per heavy atom. The predicted molar refractivity (Wildman–Crippen MR) is 59.6 cm³/mol. The Kier molecular flexibility index (Phi) is 4.38. The first kappa shape index (κ1) is 12.0. The fraction of sp³-hybridized carbons (Fsp3) is 0.900. The average Bonchev–Trinajstić information content (AvgIpc) is 2.11. The molecule has 1 unspecified atom stereocenters. The summed E-state index contributed by atoms with van der Waals surface area (Å²) in [5.74, 6) is 0.0958. The Bertz CT molecular complexity index is 199. The quantitative estimate of drug-likeness (QED) is 0.769. The number of hydrogen-bond donors (Lipinski definition) is 1. The monoisotopic (exact) mass is 263 g/mol. The Morgan fingerprint density at radius 1 is 1.64 bits per heavy atom. The number of amides is 1. The van der Waals surface area contributed by atoms with Gasteiger partial charge in [-0.25, -0.2) is 0 Å². The third-order valence-electron chi connectivity index (χ3n) is 2.82. The summed E-state index contributed by atoms with van der Waals surface area (Å²) in [6, 6.07) is 0.191. The molecule has 0 bridgehead atoms. The molecule has 1 aliphatic carbocycles. The van der Waals surface area contributed by atoms with E-state index < -0.39 is 0 Å². The van der Waals surface area contributed by atoms with Crippen LogP contribution in [0.1, 0.15) is 32.6 Å². The van der Waals surface area contributed by atoms with Crippen molar-refractivity contribution in [2.24, 2.45) is 0 Å². The highest BCUT2D eigenvalue weighted by Gasteiger charge is 2.39. The van der Waals surface area contributed by atoms with Crippen molar-refractivity contribution in [1.29, 1.82) is 0 Å². The van der Waals surface area contributed by atoms with Gasteiger partial charge in [-0.05, 0) is 26.2 Å². The van der Waals surface area contributed by atoms with Crippen LogP contribution in [0, 0.1) is 0 Å². The van der Waals surface area contributed by atoms with Gasteiger partial charge in [-0.1, -0.05) is 15.9 Å². The summed E-state index contributed by atoms with van der Waals surface area (Å²) in [4.78, 5) is 11.6. The molecule has 82 valence electrons. The van der Waals surface area contributed by atoms with Gasteiger partial charge in [0.15, 0.2) is 0 Å². The molecule has 0 aromatic heterocycles. The summed E-state index contributed by atoms with van der Waals surface area (Å²) < 4.78 is 5.39. The predicted octanol–water partition coefficient (Wildman–Crippen LogP) is 1.85.